The van der Waals surface area contributed by atoms with Gasteiger partial charge < -0.3 is 5.32 Å². The van der Waals surface area contributed by atoms with E-state index in [0.717, 1.165) is 5.92 Å². The zero-order valence-electron chi connectivity index (χ0n) is 11.4. The minimum absolute atomic E-state index is 0.0193. The summed E-state index contributed by atoms with van der Waals surface area (Å²) in [5.41, 5.74) is 0.452. The van der Waals surface area contributed by atoms with Gasteiger partial charge in [0, 0.05) is 12.5 Å². The van der Waals surface area contributed by atoms with Crippen LogP contribution in [0.5, 0.6) is 0 Å². The summed E-state index contributed by atoms with van der Waals surface area (Å²) in [4.78, 5) is 11.4. The molecule has 0 heterocycles. The number of nitrogens with one attached hydrogen (secondary N) is 1. The summed E-state index contributed by atoms with van der Waals surface area (Å²) < 4.78 is 0. The Bertz CT molecular complexity index is 323. The maximum atomic E-state index is 11.4. The van der Waals surface area contributed by atoms with Crippen LogP contribution in [0.2, 0.25) is 0 Å². The number of carbonyl (C=O) groups excluding carboxylic acids is 1. The molecule has 0 aromatic heterocycles. The summed E-state index contributed by atoms with van der Waals surface area (Å²) in [6.07, 6.45) is 1.28. The lowest BCUT2D eigenvalue weighted by atomic mass is 9.59. The molecule has 2 fully saturated rings. The molecule has 5 atom stereocenters. The van der Waals surface area contributed by atoms with Gasteiger partial charge in [-0.25, -0.2) is 0 Å². The van der Waals surface area contributed by atoms with E-state index in [1.54, 1.807) is 6.92 Å². The van der Waals surface area contributed by atoms with Gasteiger partial charge in [-0.2, -0.15) is 0 Å². The van der Waals surface area contributed by atoms with E-state index in [1.807, 2.05) is 0 Å². The van der Waals surface area contributed by atoms with Gasteiger partial charge in [-0.15, -0.1) is 0 Å². The van der Waals surface area contributed by atoms with Crippen molar-refractivity contribution in [2.45, 2.75) is 53.5 Å². The fraction of sp³-hybridized carbons (Fsp3) is 0.929. The zero-order valence-corrected chi connectivity index (χ0v) is 11.4. The van der Waals surface area contributed by atoms with Crippen molar-refractivity contribution in [3.63, 3.8) is 0 Å². The summed E-state index contributed by atoms with van der Waals surface area (Å²) >= 11 is 0. The van der Waals surface area contributed by atoms with Crippen LogP contribution >= 0.6 is 0 Å². The fourth-order valence-corrected chi connectivity index (χ4v) is 4.59. The van der Waals surface area contributed by atoms with Gasteiger partial charge in [0.15, 0.2) is 0 Å². The average Bonchev–Trinajstić information content (AvgIpc) is 2.50. The molecule has 2 bridgehead atoms. The Morgan fingerprint density at radius 1 is 1.12 bits per heavy atom. The van der Waals surface area contributed by atoms with E-state index < -0.39 is 0 Å². The van der Waals surface area contributed by atoms with Crippen LogP contribution < -0.4 is 5.32 Å². The van der Waals surface area contributed by atoms with E-state index in [0.29, 0.717) is 23.2 Å². The van der Waals surface area contributed by atoms with Gasteiger partial charge in [-0.05, 0) is 42.4 Å². The van der Waals surface area contributed by atoms with Crippen LogP contribution in [0.15, 0.2) is 0 Å². The third kappa shape index (κ3) is 1.28. The van der Waals surface area contributed by atoms with E-state index in [2.05, 4.69) is 39.9 Å². The van der Waals surface area contributed by atoms with Gasteiger partial charge in [-0.3, -0.25) is 4.79 Å². The number of amides is 1. The predicted molar refractivity (Wildman–Crippen MR) is 65.9 cm³/mol. The topological polar surface area (TPSA) is 29.1 Å². The first-order valence-corrected chi connectivity index (χ1v) is 6.50. The van der Waals surface area contributed by atoms with E-state index in [-0.39, 0.29) is 11.4 Å². The first-order valence-electron chi connectivity index (χ1n) is 6.50. The second-order valence-corrected chi connectivity index (χ2v) is 6.81. The Labute approximate surface area is 99.2 Å². The van der Waals surface area contributed by atoms with Crippen molar-refractivity contribution in [1.29, 1.82) is 0 Å². The molecule has 0 aromatic carbocycles. The molecule has 0 unspecified atom stereocenters. The highest BCUT2D eigenvalue weighted by Crippen LogP contribution is 2.65. The van der Waals surface area contributed by atoms with Crippen molar-refractivity contribution in [3.05, 3.63) is 0 Å². The molecular formula is C14H25NO. The van der Waals surface area contributed by atoms with E-state index in [4.69, 9.17) is 0 Å². The molecule has 2 nitrogen and oxygen atoms in total. The molecule has 92 valence electrons. The first kappa shape index (κ1) is 11.9. The molecule has 1 amide bonds. The highest BCUT2D eigenvalue weighted by molar-refractivity contribution is 5.74. The van der Waals surface area contributed by atoms with Gasteiger partial charge in [0.05, 0.1) is 0 Å². The highest BCUT2D eigenvalue weighted by atomic mass is 16.1. The van der Waals surface area contributed by atoms with Crippen LogP contribution in [0.25, 0.3) is 0 Å². The molecule has 2 saturated carbocycles. The van der Waals surface area contributed by atoms with Crippen molar-refractivity contribution < 1.29 is 4.79 Å². The lowest BCUT2D eigenvalue weighted by molar-refractivity contribution is -0.123. The maximum Gasteiger partial charge on any atom is 0.217 e. The summed E-state index contributed by atoms with van der Waals surface area (Å²) in [7, 11) is 0. The number of hydrogen-bond acceptors (Lipinski definition) is 1. The molecule has 16 heavy (non-hydrogen) atoms. The molecule has 2 heteroatoms. The van der Waals surface area contributed by atoms with E-state index in [1.165, 1.54) is 6.42 Å². The van der Waals surface area contributed by atoms with Crippen LogP contribution in [0, 0.1) is 29.1 Å². The normalized spacial score (nSPS) is 49.4. The van der Waals surface area contributed by atoms with Crippen molar-refractivity contribution in [2.24, 2.45) is 29.1 Å². The molecule has 2 aliphatic rings. The van der Waals surface area contributed by atoms with Gasteiger partial charge >= 0.3 is 0 Å². The third-order valence-electron chi connectivity index (χ3n) is 6.01. The van der Waals surface area contributed by atoms with Crippen LogP contribution in [0.4, 0.5) is 0 Å². The van der Waals surface area contributed by atoms with Crippen LogP contribution in [0.3, 0.4) is 0 Å². The van der Waals surface area contributed by atoms with Gasteiger partial charge in [0.2, 0.25) is 5.91 Å². The zero-order chi connectivity index (χ0) is 12.3. The van der Waals surface area contributed by atoms with Crippen molar-refractivity contribution >= 4 is 5.91 Å². The highest BCUT2D eigenvalue weighted by Gasteiger charge is 2.64. The smallest absolute Gasteiger partial charge is 0.217 e. The molecule has 2 aliphatic carbocycles. The van der Waals surface area contributed by atoms with Crippen LogP contribution in [-0.2, 0) is 4.79 Å². The number of carbonyl (C=O) groups is 1. The first-order chi connectivity index (χ1) is 7.21. The summed E-state index contributed by atoms with van der Waals surface area (Å²) in [6, 6.07) is 0. The lowest BCUT2D eigenvalue weighted by Gasteiger charge is -2.50. The third-order valence-corrected chi connectivity index (χ3v) is 6.01. The van der Waals surface area contributed by atoms with E-state index in [9.17, 15) is 4.79 Å². The molecule has 0 aromatic rings. The van der Waals surface area contributed by atoms with Crippen LogP contribution in [0.1, 0.15) is 48.0 Å². The van der Waals surface area contributed by atoms with Gasteiger partial charge in [0.1, 0.15) is 0 Å². The Morgan fingerprint density at radius 3 is 2.12 bits per heavy atom. The van der Waals surface area contributed by atoms with Crippen LogP contribution in [-0.4, -0.2) is 11.4 Å². The molecule has 0 radical (unpaired) electrons. The SMILES string of the molecule is CC(=O)N[C@]1(C)[C@H](C)[C@H]2C[C@H]1[C@@H](C)C2(C)C. The Balaban J connectivity index is 2.31. The summed E-state index contributed by atoms with van der Waals surface area (Å²) in [5, 5.41) is 3.23. The van der Waals surface area contributed by atoms with Crippen molar-refractivity contribution in [2.75, 3.05) is 0 Å². The Kier molecular flexibility index (Phi) is 2.42. The second kappa shape index (κ2) is 3.24. The lowest BCUT2D eigenvalue weighted by Crippen LogP contribution is -2.58. The number of hydrogen-bond donors (Lipinski definition) is 1. The molecule has 0 saturated heterocycles. The van der Waals surface area contributed by atoms with Crippen molar-refractivity contribution in [1.82, 2.24) is 5.32 Å². The van der Waals surface area contributed by atoms with E-state index >= 15 is 0 Å². The predicted octanol–water partition coefficient (Wildman–Crippen LogP) is 2.83. The average molecular weight is 223 g/mol. The molecule has 1 N–H and O–H groups in total. The standard InChI is InChI=1S/C14H25NO/c1-8-12-7-11(13(8,4)5)9(2)14(12,6)15-10(3)16/h8-9,11-12H,7H2,1-6H3,(H,15,16)/t8-,9-,11-,12+,14-/m1/s1. The molecule has 0 spiro atoms. The summed E-state index contributed by atoms with van der Waals surface area (Å²) in [5.74, 6) is 2.81. The maximum absolute atomic E-state index is 11.4. The minimum atomic E-state index is 0.0193. The van der Waals surface area contributed by atoms with Gasteiger partial charge in [0.25, 0.3) is 0 Å². The monoisotopic (exact) mass is 223 g/mol. The quantitative estimate of drug-likeness (QED) is 0.727. The molecule has 2 rings (SSSR count). The van der Waals surface area contributed by atoms with Crippen molar-refractivity contribution in [3.8, 4) is 0 Å². The Hall–Kier alpha value is -0.530. The fourth-order valence-electron chi connectivity index (χ4n) is 4.59. The molecule has 0 aliphatic heterocycles. The minimum Gasteiger partial charge on any atom is -0.351 e. The molecular weight excluding hydrogens is 198 g/mol. The summed E-state index contributed by atoms with van der Waals surface area (Å²) in [6.45, 7) is 13.3. The largest absolute Gasteiger partial charge is 0.351 e. The Morgan fingerprint density at radius 2 is 1.69 bits per heavy atom. The van der Waals surface area contributed by atoms with Gasteiger partial charge in [-0.1, -0.05) is 27.7 Å². The number of rotatable bonds is 1. The number of fused-ring (bicyclic) bond motifs is 2. The second-order valence-electron chi connectivity index (χ2n) is 6.81.